The summed E-state index contributed by atoms with van der Waals surface area (Å²) in [6.07, 6.45) is 1.70. The molecule has 1 aromatic heterocycles. The van der Waals surface area contributed by atoms with Crippen LogP contribution in [0.25, 0.3) is 0 Å². The van der Waals surface area contributed by atoms with Crippen LogP contribution in [0.5, 0.6) is 5.75 Å². The van der Waals surface area contributed by atoms with Crippen LogP contribution in [0.3, 0.4) is 0 Å². The van der Waals surface area contributed by atoms with Crippen molar-refractivity contribution in [3.8, 4) is 5.75 Å². The van der Waals surface area contributed by atoms with Crippen LogP contribution in [0.15, 0.2) is 6.20 Å². The minimum Gasteiger partial charge on any atom is -0.494 e. The van der Waals surface area contributed by atoms with Crippen LogP contribution in [0.2, 0.25) is 0 Å². The van der Waals surface area contributed by atoms with Gasteiger partial charge < -0.3 is 20.3 Å². The zero-order valence-corrected chi connectivity index (χ0v) is 9.86. The molecule has 0 aliphatic heterocycles. The molecular formula is C11H18N2O3. The van der Waals surface area contributed by atoms with Crippen LogP contribution >= 0.6 is 0 Å². The monoisotopic (exact) mass is 226 g/mol. The van der Waals surface area contributed by atoms with Gasteiger partial charge in [-0.15, -0.1) is 0 Å². The number of aliphatic hydroxyl groups is 1. The average Bonchev–Trinajstić information content (AvgIpc) is 2.30. The van der Waals surface area contributed by atoms with Crippen molar-refractivity contribution in [2.24, 2.45) is 5.73 Å². The Kier molecular flexibility index (Phi) is 4.67. The number of methoxy groups -OCH3 is 2. The fourth-order valence-electron chi connectivity index (χ4n) is 1.67. The van der Waals surface area contributed by atoms with E-state index in [9.17, 15) is 0 Å². The fourth-order valence-corrected chi connectivity index (χ4v) is 1.67. The van der Waals surface area contributed by atoms with Crippen molar-refractivity contribution in [1.29, 1.82) is 0 Å². The molecule has 0 aliphatic rings. The highest BCUT2D eigenvalue weighted by atomic mass is 16.5. The fraction of sp³-hybridized carbons (Fsp3) is 0.545. The molecule has 0 saturated heterocycles. The van der Waals surface area contributed by atoms with E-state index in [1.165, 1.54) is 0 Å². The molecule has 5 nitrogen and oxygen atoms in total. The second-order valence-electron chi connectivity index (χ2n) is 3.54. The van der Waals surface area contributed by atoms with Gasteiger partial charge in [0.2, 0.25) is 0 Å². The Balaban J connectivity index is 3.28. The molecule has 0 amide bonds. The summed E-state index contributed by atoms with van der Waals surface area (Å²) in [5, 5.41) is 9.15. The van der Waals surface area contributed by atoms with Crippen molar-refractivity contribution in [1.82, 2.24) is 4.98 Å². The molecule has 1 rings (SSSR count). The molecule has 1 heterocycles. The molecular weight excluding hydrogens is 208 g/mol. The van der Waals surface area contributed by atoms with Gasteiger partial charge >= 0.3 is 0 Å². The molecule has 0 saturated carbocycles. The van der Waals surface area contributed by atoms with Gasteiger partial charge in [-0.1, -0.05) is 0 Å². The maximum absolute atomic E-state index is 9.15. The molecule has 0 aromatic carbocycles. The molecule has 90 valence electrons. The lowest BCUT2D eigenvalue weighted by atomic mass is 10.0. The van der Waals surface area contributed by atoms with E-state index in [0.717, 1.165) is 16.8 Å². The highest BCUT2D eigenvalue weighted by Gasteiger charge is 2.18. The maximum Gasteiger partial charge on any atom is 0.145 e. The summed E-state index contributed by atoms with van der Waals surface area (Å²) >= 11 is 0. The normalized spacial score (nSPS) is 12.6. The summed E-state index contributed by atoms with van der Waals surface area (Å²) in [4.78, 5) is 4.20. The Morgan fingerprint density at radius 3 is 2.69 bits per heavy atom. The number of nitrogens with two attached hydrogens (primary N) is 1. The molecule has 0 unspecified atom stereocenters. The largest absolute Gasteiger partial charge is 0.494 e. The molecule has 5 heteroatoms. The first-order valence-corrected chi connectivity index (χ1v) is 5.03. The molecule has 3 N–H and O–H groups in total. The third kappa shape index (κ3) is 2.49. The van der Waals surface area contributed by atoms with Crippen molar-refractivity contribution in [2.45, 2.75) is 19.6 Å². The Morgan fingerprint density at radius 2 is 2.19 bits per heavy atom. The van der Waals surface area contributed by atoms with E-state index in [-0.39, 0.29) is 6.61 Å². The van der Waals surface area contributed by atoms with Crippen LogP contribution in [-0.2, 0) is 11.3 Å². The lowest BCUT2D eigenvalue weighted by molar-refractivity contribution is 0.181. The molecule has 0 bridgehead atoms. The van der Waals surface area contributed by atoms with Crippen LogP contribution < -0.4 is 10.5 Å². The first-order chi connectivity index (χ1) is 7.65. The zero-order chi connectivity index (χ0) is 12.1. The number of aromatic nitrogens is 1. The smallest absolute Gasteiger partial charge is 0.145 e. The van der Waals surface area contributed by atoms with Crippen molar-refractivity contribution in [3.63, 3.8) is 0 Å². The quantitative estimate of drug-likeness (QED) is 0.766. The maximum atomic E-state index is 9.15. The minimum absolute atomic E-state index is 0.142. The van der Waals surface area contributed by atoms with E-state index in [1.807, 2.05) is 6.92 Å². The van der Waals surface area contributed by atoms with Gasteiger partial charge in [0.15, 0.2) is 0 Å². The number of nitrogens with zero attached hydrogens (tertiary/aromatic N) is 1. The number of hydrogen-bond acceptors (Lipinski definition) is 5. The number of hydrogen-bond donors (Lipinski definition) is 2. The van der Waals surface area contributed by atoms with E-state index in [1.54, 1.807) is 20.4 Å². The highest BCUT2D eigenvalue weighted by Crippen LogP contribution is 2.29. The van der Waals surface area contributed by atoms with Crippen molar-refractivity contribution < 1.29 is 14.6 Å². The first-order valence-electron chi connectivity index (χ1n) is 5.03. The van der Waals surface area contributed by atoms with E-state index in [2.05, 4.69) is 4.98 Å². The summed E-state index contributed by atoms with van der Waals surface area (Å²) < 4.78 is 10.3. The Bertz CT molecular complexity index is 355. The Hall–Kier alpha value is -1.17. The lowest BCUT2D eigenvalue weighted by Crippen LogP contribution is -2.19. The van der Waals surface area contributed by atoms with Crippen LogP contribution in [0.1, 0.15) is 22.9 Å². The third-order valence-corrected chi connectivity index (χ3v) is 2.40. The van der Waals surface area contributed by atoms with Gasteiger partial charge in [0.1, 0.15) is 5.75 Å². The molecule has 1 atom stereocenters. The molecule has 0 aliphatic carbocycles. The van der Waals surface area contributed by atoms with E-state index < -0.39 is 6.04 Å². The predicted octanol–water partition coefficient (Wildman–Crippen LogP) is 0.537. The first kappa shape index (κ1) is 12.9. The van der Waals surface area contributed by atoms with Crippen LogP contribution in [-0.4, -0.2) is 30.9 Å². The Labute approximate surface area is 95.2 Å². The standard InChI is InChI=1S/C11H18N2O3/c1-7-11(16-3)10(9(12)5-14)8(4-13-7)6-15-2/h4,9,14H,5-6,12H2,1-3H3/t9-/m0/s1. The highest BCUT2D eigenvalue weighted by molar-refractivity contribution is 5.43. The van der Waals surface area contributed by atoms with Crippen molar-refractivity contribution in [3.05, 3.63) is 23.0 Å². The van der Waals surface area contributed by atoms with Crippen LogP contribution in [0, 0.1) is 6.92 Å². The zero-order valence-electron chi connectivity index (χ0n) is 9.86. The van der Waals surface area contributed by atoms with E-state index >= 15 is 0 Å². The van der Waals surface area contributed by atoms with Gasteiger partial charge in [-0.05, 0) is 6.92 Å². The molecule has 16 heavy (non-hydrogen) atoms. The summed E-state index contributed by atoms with van der Waals surface area (Å²) in [5.41, 5.74) is 8.21. The van der Waals surface area contributed by atoms with E-state index in [4.69, 9.17) is 20.3 Å². The number of pyridine rings is 1. The number of aliphatic hydroxyl groups excluding tert-OH is 1. The predicted molar refractivity (Wildman–Crippen MR) is 60.3 cm³/mol. The molecule has 1 aromatic rings. The number of ether oxygens (including phenoxy) is 2. The second kappa shape index (κ2) is 5.79. The summed E-state index contributed by atoms with van der Waals surface area (Å²) in [7, 11) is 3.16. The molecule has 0 radical (unpaired) electrons. The molecule has 0 fully saturated rings. The minimum atomic E-state index is -0.484. The number of aryl methyl sites for hydroxylation is 1. The van der Waals surface area contributed by atoms with E-state index in [0.29, 0.717) is 12.4 Å². The summed E-state index contributed by atoms with van der Waals surface area (Å²) in [6, 6.07) is -0.484. The Morgan fingerprint density at radius 1 is 1.50 bits per heavy atom. The topological polar surface area (TPSA) is 77.6 Å². The van der Waals surface area contributed by atoms with Gasteiger partial charge in [0.25, 0.3) is 0 Å². The van der Waals surface area contributed by atoms with Crippen molar-refractivity contribution in [2.75, 3.05) is 20.8 Å². The third-order valence-electron chi connectivity index (χ3n) is 2.40. The van der Waals surface area contributed by atoms with Crippen LogP contribution in [0.4, 0.5) is 0 Å². The van der Waals surface area contributed by atoms with Gasteiger partial charge in [0.05, 0.1) is 32.1 Å². The molecule has 0 spiro atoms. The second-order valence-corrected chi connectivity index (χ2v) is 3.54. The van der Waals surface area contributed by atoms with Gasteiger partial charge in [0, 0.05) is 24.4 Å². The summed E-state index contributed by atoms with van der Waals surface area (Å²) in [6.45, 7) is 2.09. The van der Waals surface area contributed by atoms with Gasteiger partial charge in [-0.3, -0.25) is 4.98 Å². The average molecular weight is 226 g/mol. The lowest BCUT2D eigenvalue weighted by Gasteiger charge is -2.18. The van der Waals surface area contributed by atoms with Gasteiger partial charge in [-0.2, -0.15) is 0 Å². The summed E-state index contributed by atoms with van der Waals surface area (Å²) in [5.74, 6) is 0.621. The SMILES string of the molecule is COCc1cnc(C)c(OC)c1[C@@H](N)CO. The number of rotatable bonds is 5. The van der Waals surface area contributed by atoms with Gasteiger partial charge in [-0.25, -0.2) is 0 Å². The van der Waals surface area contributed by atoms with Crippen molar-refractivity contribution >= 4 is 0 Å².